The Kier molecular flexibility index (Phi) is 5.00. The van der Waals surface area contributed by atoms with Gasteiger partial charge in [0.05, 0.1) is 19.4 Å². The van der Waals surface area contributed by atoms with Gasteiger partial charge in [-0.05, 0) is 61.2 Å². The van der Waals surface area contributed by atoms with Crippen molar-refractivity contribution in [2.45, 2.75) is 32.4 Å². The Labute approximate surface area is 165 Å². The van der Waals surface area contributed by atoms with E-state index in [-0.39, 0.29) is 11.8 Å². The normalized spacial score (nSPS) is 18.7. The van der Waals surface area contributed by atoms with Gasteiger partial charge in [-0.2, -0.15) is 0 Å². The fourth-order valence-corrected chi connectivity index (χ4v) is 4.51. The van der Waals surface area contributed by atoms with E-state index in [1.165, 1.54) is 15.3 Å². The summed E-state index contributed by atoms with van der Waals surface area (Å²) in [7, 11) is 0. The number of hydrogen-bond acceptors (Lipinski definition) is 3. The first-order chi connectivity index (χ1) is 12.6. The van der Waals surface area contributed by atoms with Gasteiger partial charge in [0.25, 0.3) is 0 Å². The zero-order valence-electron chi connectivity index (χ0n) is 14.5. The summed E-state index contributed by atoms with van der Waals surface area (Å²) in [5.41, 5.74) is 1.25. The molecule has 0 aliphatic heterocycles. The summed E-state index contributed by atoms with van der Waals surface area (Å²) < 4.78 is 6.55. The molecule has 2 unspecified atom stereocenters. The predicted octanol–water partition coefficient (Wildman–Crippen LogP) is 5.74. The first kappa shape index (κ1) is 17.6. The highest BCUT2D eigenvalue weighted by molar-refractivity contribution is 9.10. The molecule has 0 bridgehead atoms. The van der Waals surface area contributed by atoms with Crippen LogP contribution < -0.4 is 0 Å². The van der Waals surface area contributed by atoms with E-state index in [1.54, 1.807) is 17.6 Å². The van der Waals surface area contributed by atoms with Crippen molar-refractivity contribution in [1.29, 1.82) is 0 Å². The zero-order valence-corrected chi connectivity index (χ0v) is 16.9. The lowest BCUT2D eigenvalue weighted by molar-refractivity contribution is -0.134. The molecule has 0 N–H and O–H groups in total. The molecule has 26 heavy (non-hydrogen) atoms. The maximum atomic E-state index is 13.2. The summed E-state index contributed by atoms with van der Waals surface area (Å²) in [4.78, 5) is 17.6. The van der Waals surface area contributed by atoms with E-state index in [0.29, 0.717) is 19.0 Å². The number of halogens is 1. The molecule has 2 atom stereocenters. The minimum absolute atomic E-state index is 0.0761. The van der Waals surface area contributed by atoms with Crippen molar-refractivity contribution in [3.8, 4) is 0 Å². The largest absolute Gasteiger partial charge is 0.467 e. The fraction of sp³-hybridized carbons (Fsp3) is 0.286. The predicted molar refractivity (Wildman–Crippen MR) is 107 cm³/mol. The number of rotatable bonds is 6. The van der Waals surface area contributed by atoms with Crippen molar-refractivity contribution >= 4 is 33.2 Å². The number of carbonyl (C=O) groups excluding carboxylic acids is 1. The molecule has 0 saturated heterocycles. The van der Waals surface area contributed by atoms with Crippen LogP contribution in [0.4, 0.5) is 0 Å². The van der Waals surface area contributed by atoms with Gasteiger partial charge in [-0.25, -0.2) is 0 Å². The highest BCUT2D eigenvalue weighted by Gasteiger charge is 2.45. The number of carbonyl (C=O) groups is 1. The summed E-state index contributed by atoms with van der Waals surface area (Å²) >= 11 is 5.22. The first-order valence-corrected chi connectivity index (χ1v) is 10.3. The van der Waals surface area contributed by atoms with Crippen LogP contribution in [0.3, 0.4) is 0 Å². The lowest BCUT2D eigenvalue weighted by Gasteiger charge is -2.21. The second-order valence-electron chi connectivity index (χ2n) is 6.79. The maximum Gasteiger partial charge on any atom is 0.227 e. The van der Waals surface area contributed by atoms with E-state index in [1.807, 2.05) is 29.2 Å². The van der Waals surface area contributed by atoms with Crippen LogP contribution in [0.15, 0.2) is 63.7 Å². The van der Waals surface area contributed by atoms with Crippen LogP contribution in [0.1, 0.15) is 33.4 Å². The molecule has 1 aliphatic carbocycles. The molecule has 1 aliphatic rings. The Morgan fingerprint density at radius 1 is 1.19 bits per heavy atom. The van der Waals surface area contributed by atoms with Crippen molar-refractivity contribution in [2.75, 3.05) is 0 Å². The number of furan rings is 1. The van der Waals surface area contributed by atoms with Crippen LogP contribution >= 0.6 is 27.3 Å². The number of amides is 1. The Morgan fingerprint density at radius 3 is 2.65 bits per heavy atom. The average Bonchev–Trinajstić information content (AvgIpc) is 3.04. The van der Waals surface area contributed by atoms with Gasteiger partial charge in [0.15, 0.2) is 0 Å². The molecule has 1 saturated carbocycles. The lowest BCUT2D eigenvalue weighted by Crippen LogP contribution is -2.31. The van der Waals surface area contributed by atoms with Crippen molar-refractivity contribution in [3.63, 3.8) is 0 Å². The van der Waals surface area contributed by atoms with Gasteiger partial charge in [-0.3, -0.25) is 4.79 Å². The molecule has 134 valence electrons. The summed E-state index contributed by atoms with van der Waals surface area (Å²) in [6.45, 7) is 3.26. The second-order valence-corrected chi connectivity index (χ2v) is 9.07. The molecule has 1 amide bonds. The third-order valence-electron chi connectivity index (χ3n) is 4.79. The highest BCUT2D eigenvalue weighted by atomic mass is 79.9. The van der Waals surface area contributed by atoms with Gasteiger partial charge in [-0.15, -0.1) is 11.3 Å². The Balaban J connectivity index is 1.49. The Hall–Kier alpha value is -1.85. The fourth-order valence-electron chi connectivity index (χ4n) is 3.34. The van der Waals surface area contributed by atoms with Crippen molar-refractivity contribution < 1.29 is 9.21 Å². The molecule has 4 rings (SSSR count). The second kappa shape index (κ2) is 7.41. The minimum Gasteiger partial charge on any atom is -0.467 e. The zero-order chi connectivity index (χ0) is 18.1. The van der Waals surface area contributed by atoms with Gasteiger partial charge in [0.2, 0.25) is 5.91 Å². The van der Waals surface area contributed by atoms with Gasteiger partial charge in [0.1, 0.15) is 5.76 Å². The van der Waals surface area contributed by atoms with E-state index < -0.39 is 0 Å². The number of aryl methyl sites for hydroxylation is 1. The lowest BCUT2D eigenvalue weighted by atomic mass is 10.1. The first-order valence-electron chi connectivity index (χ1n) is 8.72. The molecule has 0 spiro atoms. The highest BCUT2D eigenvalue weighted by Crippen LogP contribution is 2.49. The SMILES string of the molecule is Cc1ccc(CN(Cc2ccco2)C(=O)C2CC2c2ccc(Br)cc2)s1. The summed E-state index contributed by atoms with van der Waals surface area (Å²) in [5, 5.41) is 0. The minimum atomic E-state index is 0.0761. The maximum absolute atomic E-state index is 13.2. The number of nitrogens with zero attached hydrogens (tertiary/aromatic N) is 1. The molecular weight excluding hydrogens is 410 g/mol. The quantitative estimate of drug-likeness (QED) is 0.499. The van der Waals surface area contributed by atoms with Crippen molar-refractivity contribution in [2.24, 2.45) is 5.92 Å². The number of thiophene rings is 1. The number of hydrogen-bond donors (Lipinski definition) is 0. The Bertz CT molecular complexity index is 885. The summed E-state index contributed by atoms with van der Waals surface area (Å²) in [6, 6.07) is 16.3. The molecular formula is C21H20BrNO2S. The van der Waals surface area contributed by atoms with E-state index >= 15 is 0 Å². The molecule has 3 nitrogen and oxygen atoms in total. The molecule has 0 radical (unpaired) electrons. The van der Waals surface area contributed by atoms with Gasteiger partial charge < -0.3 is 9.32 Å². The van der Waals surface area contributed by atoms with Crippen LogP contribution in [-0.4, -0.2) is 10.8 Å². The van der Waals surface area contributed by atoms with E-state index in [9.17, 15) is 4.79 Å². The topological polar surface area (TPSA) is 33.5 Å². The van der Waals surface area contributed by atoms with Gasteiger partial charge in [0, 0.05) is 20.1 Å². The summed E-state index contributed by atoms with van der Waals surface area (Å²) in [5.74, 6) is 1.46. The van der Waals surface area contributed by atoms with Crippen LogP contribution in [0.25, 0.3) is 0 Å². The molecule has 1 aromatic carbocycles. The van der Waals surface area contributed by atoms with Crippen molar-refractivity contribution in [3.05, 3.63) is 80.3 Å². The molecule has 5 heteroatoms. The molecule has 3 aromatic rings. The third-order valence-corrected chi connectivity index (χ3v) is 6.30. The molecule has 1 fully saturated rings. The van der Waals surface area contributed by atoms with E-state index in [4.69, 9.17) is 4.42 Å². The van der Waals surface area contributed by atoms with Crippen LogP contribution in [-0.2, 0) is 17.9 Å². The Morgan fingerprint density at radius 2 is 2.00 bits per heavy atom. The van der Waals surface area contributed by atoms with Crippen LogP contribution in [0.2, 0.25) is 0 Å². The molecule has 2 heterocycles. The smallest absolute Gasteiger partial charge is 0.227 e. The van der Waals surface area contributed by atoms with Crippen LogP contribution in [0.5, 0.6) is 0 Å². The summed E-state index contributed by atoms with van der Waals surface area (Å²) in [6.07, 6.45) is 2.59. The van der Waals surface area contributed by atoms with Gasteiger partial charge >= 0.3 is 0 Å². The monoisotopic (exact) mass is 429 g/mol. The van der Waals surface area contributed by atoms with Gasteiger partial charge in [-0.1, -0.05) is 28.1 Å². The van der Waals surface area contributed by atoms with E-state index in [0.717, 1.165) is 16.7 Å². The average molecular weight is 430 g/mol. The third kappa shape index (κ3) is 3.94. The molecule has 2 aromatic heterocycles. The number of benzene rings is 1. The van der Waals surface area contributed by atoms with Crippen molar-refractivity contribution in [1.82, 2.24) is 4.90 Å². The van der Waals surface area contributed by atoms with Crippen LogP contribution in [0, 0.1) is 12.8 Å². The standard InChI is InChI=1S/C21H20BrNO2S/c1-14-4-9-18(26-14)13-23(12-17-3-2-10-25-17)21(24)20-11-19(20)15-5-7-16(22)8-6-15/h2-10,19-20H,11-13H2,1H3. The van der Waals surface area contributed by atoms with E-state index in [2.05, 4.69) is 47.1 Å².